The minimum absolute atomic E-state index is 0.151. The van der Waals surface area contributed by atoms with Crippen LogP contribution in [-0.4, -0.2) is 35.2 Å². The van der Waals surface area contributed by atoms with Crippen LogP contribution in [0.25, 0.3) is 0 Å². The van der Waals surface area contributed by atoms with Gasteiger partial charge in [0.1, 0.15) is 0 Å². The second kappa shape index (κ2) is 20.0. The number of hydrogen-bond donors (Lipinski definition) is 1. The Balaban J connectivity index is 3.15. The van der Waals surface area contributed by atoms with Gasteiger partial charge in [-0.1, -0.05) is 84.5 Å². The fourth-order valence-electron chi connectivity index (χ4n) is 2.92. The van der Waals surface area contributed by atoms with E-state index < -0.39 is 5.97 Å². The van der Waals surface area contributed by atoms with Crippen LogP contribution in [0.5, 0.6) is 0 Å². The van der Waals surface area contributed by atoms with Crippen molar-refractivity contribution in [1.29, 1.82) is 0 Å². The molecule has 4 nitrogen and oxygen atoms in total. The van der Waals surface area contributed by atoms with Crippen LogP contribution in [0.15, 0.2) is 0 Å². The lowest BCUT2D eigenvalue weighted by Gasteiger charge is -2.06. The first-order chi connectivity index (χ1) is 13.0. The number of carbonyl (C=O) groups excluding carboxylic acids is 1. The van der Waals surface area contributed by atoms with E-state index in [0.29, 0.717) is 24.5 Å². The lowest BCUT2D eigenvalue weighted by Crippen LogP contribution is -2.07. The highest BCUT2D eigenvalue weighted by Crippen LogP contribution is 2.14. The third-order valence-corrected chi connectivity index (χ3v) is 5.59. The second-order valence-electron chi connectivity index (χ2n) is 7.80. The minimum atomic E-state index is -0.790. The maximum Gasteiger partial charge on any atom is 0.306 e. The second-order valence-corrected chi connectivity index (χ2v) is 9.02. The summed E-state index contributed by atoms with van der Waals surface area (Å²) in [7, 11) is 0. The number of ether oxygens (including phenoxy) is 1. The van der Waals surface area contributed by atoms with Gasteiger partial charge in [-0.3, -0.25) is 9.59 Å². The van der Waals surface area contributed by atoms with E-state index in [9.17, 15) is 9.59 Å². The molecule has 5 heteroatoms. The van der Waals surface area contributed by atoms with E-state index in [0.717, 1.165) is 18.8 Å². The van der Waals surface area contributed by atoms with Crippen LogP contribution in [0.3, 0.4) is 0 Å². The highest BCUT2D eigenvalue weighted by Gasteiger charge is 2.03. The highest BCUT2D eigenvalue weighted by molar-refractivity contribution is 7.99. The van der Waals surface area contributed by atoms with Crippen molar-refractivity contribution in [2.45, 2.75) is 104 Å². The van der Waals surface area contributed by atoms with Gasteiger partial charge in [0.05, 0.1) is 19.4 Å². The molecular formula is C22H42O4S. The topological polar surface area (TPSA) is 63.6 Å². The van der Waals surface area contributed by atoms with Crippen LogP contribution >= 0.6 is 11.8 Å². The molecule has 0 aliphatic heterocycles. The molecule has 0 saturated carbocycles. The first kappa shape index (κ1) is 26.3. The van der Waals surface area contributed by atoms with Crippen LogP contribution in [0.4, 0.5) is 0 Å². The van der Waals surface area contributed by atoms with Crippen LogP contribution in [-0.2, 0) is 14.3 Å². The van der Waals surface area contributed by atoms with Gasteiger partial charge in [0.25, 0.3) is 0 Å². The first-order valence-corrected chi connectivity index (χ1v) is 12.1. The van der Waals surface area contributed by atoms with E-state index in [2.05, 4.69) is 13.8 Å². The summed E-state index contributed by atoms with van der Waals surface area (Å²) in [6.07, 6.45) is 16.2. The Morgan fingerprint density at radius 3 is 1.78 bits per heavy atom. The third-order valence-electron chi connectivity index (χ3n) is 4.60. The summed E-state index contributed by atoms with van der Waals surface area (Å²) >= 11 is 1.49. The van der Waals surface area contributed by atoms with Crippen molar-refractivity contribution >= 4 is 23.7 Å². The molecule has 27 heavy (non-hydrogen) atoms. The van der Waals surface area contributed by atoms with Gasteiger partial charge in [-0.2, -0.15) is 11.8 Å². The van der Waals surface area contributed by atoms with Gasteiger partial charge >= 0.3 is 11.9 Å². The Bertz CT molecular complexity index is 358. The molecule has 0 atom stereocenters. The fourth-order valence-corrected chi connectivity index (χ4v) is 3.75. The number of carboxylic acid groups (broad SMARTS) is 1. The summed E-state index contributed by atoms with van der Waals surface area (Å²) in [5.41, 5.74) is 0. The average molecular weight is 403 g/mol. The average Bonchev–Trinajstić information content (AvgIpc) is 2.61. The molecule has 0 aromatic rings. The van der Waals surface area contributed by atoms with Gasteiger partial charge in [0.15, 0.2) is 0 Å². The molecule has 0 amide bonds. The third kappa shape index (κ3) is 23.3. The van der Waals surface area contributed by atoms with Gasteiger partial charge in [-0.15, -0.1) is 0 Å². The monoisotopic (exact) mass is 402 g/mol. The zero-order chi connectivity index (χ0) is 20.2. The maximum absolute atomic E-state index is 11.5. The van der Waals surface area contributed by atoms with E-state index in [1.165, 1.54) is 76.0 Å². The summed E-state index contributed by atoms with van der Waals surface area (Å²) in [6.45, 7) is 5.13. The molecule has 0 heterocycles. The van der Waals surface area contributed by atoms with Gasteiger partial charge < -0.3 is 9.84 Å². The lowest BCUT2D eigenvalue weighted by atomic mass is 10.0. The predicted molar refractivity (Wildman–Crippen MR) is 115 cm³/mol. The van der Waals surface area contributed by atoms with E-state index in [-0.39, 0.29) is 12.4 Å². The van der Waals surface area contributed by atoms with Crippen LogP contribution in [0, 0.1) is 5.92 Å². The molecule has 0 saturated heterocycles. The Labute approximate surface area is 171 Å². The SMILES string of the molecule is CC(C)CCCCCCCCCCCCCOC(=O)CCSCCC(=O)O. The predicted octanol–water partition coefficient (Wildman–Crippen LogP) is 6.46. The Morgan fingerprint density at radius 1 is 0.778 bits per heavy atom. The number of thioether (sulfide) groups is 1. The minimum Gasteiger partial charge on any atom is -0.481 e. The molecule has 0 radical (unpaired) electrons. The van der Waals surface area contributed by atoms with E-state index in [1.54, 1.807) is 0 Å². The zero-order valence-electron chi connectivity index (χ0n) is 17.7. The van der Waals surface area contributed by atoms with Gasteiger partial charge in [-0.25, -0.2) is 0 Å². The maximum atomic E-state index is 11.5. The molecule has 0 rings (SSSR count). The van der Waals surface area contributed by atoms with E-state index in [1.807, 2.05) is 0 Å². The number of hydrogen-bond acceptors (Lipinski definition) is 4. The zero-order valence-corrected chi connectivity index (χ0v) is 18.5. The largest absolute Gasteiger partial charge is 0.481 e. The lowest BCUT2D eigenvalue weighted by molar-refractivity contribution is -0.143. The summed E-state index contributed by atoms with van der Waals surface area (Å²) in [5, 5.41) is 8.52. The van der Waals surface area contributed by atoms with E-state index >= 15 is 0 Å². The van der Waals surface area contributed by atoms with Crippen molar-refractivity contribution < 1.29 is 19.4 Å². The number of carbonyl (C=O) groups is 2. The number of rotatable bonds is 20. The van der Waals surface area contributed by atoms with Crippen molar-refractivity contribution in [2.75, 3.05) is 18.1 Å². The number of carboxylic acids is 1. The smallest absolute Gasteiger partial charge is 0.306 e. The number of esters is 1. The summed E-state index contributed by atoms with van der Waals surface area (Å²) in [4.78, 5) is 21.9. The van der Waals surface area contributed by atoms with Gasteiger partial charge in [-0.05, 0) is 12.3 Å². The quantitative estimate of drug-likeness (QED) is 0.187. The number of aliphatic carboxylic acids is 1. The van der Waals surface area contributed by atoms with Gasteiger partial charge in [0.2, 0.25) is 0 Å². The molecule has 0 aliphatic rings. The Morgan fingerprint density at radius 2 is 1.26 bits per heavy atom. The molecule has 1 N–H and O–H groups in total. The molecule has 0 fully saturated rings. The van der Waals surface area contributed by atoms with Crippen LogP contribution < -0.4 is 0 Å². The molecule has 160 valence electrons. The van der Waals surface area contributed by atoms with Crippen molar-refractivity contribution in [3.8, 4) is 0 Å². The van der Waals surface area contributed by atoms with Crippen molar-refractivity contribution in [3.63, 3.8) is 0 Å². The standard InChI is InChI=1S/C22H42O4S/c1-20(2)14-12-10-8-6-4-3-5-7-9-11-13-17-26-22(25)16-19-27-18-15-21(23)24/h20H,3-19H2,1-2H3,(H,23,24). The molecule has 0 aromatic heterocycles. The molecule has 0 unspecified atom stereocenters. The van der Waals surface area contributed by atoms with Gasteiger partial charge in [0, 0.05) is 11.5 Å². The normalized spacial score (nSPS) is 11.1. The highest BCUT2D eigenvalue weighted by atomic mass is 32.2. The fraction of sp³-hybridized carbons (Fsp3) is 0.909. The summed E-state index contributed by atoms with van der Waals surface area (Å²) < 4.78 is 5.21. The first-order valence-electron chi connectivity index (χ1n) is 11.0. The Kier molecular flexibility index (Phi) is 19.5. The molecule has 0 bridgehead atoms. The van der Waals surface area contributed by atoms with Crippen molar-refractivity contribution in [3.05, 3.63) is 0 Å². The van der Waals surface area contributed by atoms with Crippen LogP contribution in [0.1, 0.15) is 104 Å². The molecule has 0 aliphatic carbocycles. The number of unbranched alkanes of at least 4 members (excludes halogenated alkanes) is 10. The summed E-state index contributed by atoms with van der Waals surface area (Å²) in [6, 6.07) is 0. The Hall–Kier alpha value is -0.710. The molecule has 0 spiro atoms. The summed E-state index contributed by atoms with van der Waals surface area (Å²) in [5.74, 6) is 1.10. The van der Waals surface area contributed by atoms with Crippen molar-refractivity contribution in [2.24, 2.45) is 5.92 Å². The van der Waals surface area contributed by atoms with Crippen LogP contribution in [0.2, 0.25) is 0 Å². The van der Waals surface area contributed by atoms with E-state index in [4.69, 9.17) is 9.84 Å². The molecule has 0 aromatic carbocycles. The molecular weight excluding hydrogens is 360 g/mol. The van der Waals surface area contributed by atoms with Crippen molar-refractivity contribution in [1.82, 2.24) is 0 Å².